The number of hydrogen-bond acceptors (Lipinski definition) is 5. The van der Waals surface area contributed by atoms with Crippen LogP contribution in [0.3, 0.4) is 0 Å². The first-order chi connectivity index (χ1) is 13.8. The minimum atomic E-state index is -0.138. The molecule has 1 aliphatic rings. The van der Waals surface area contributed by atoms with Crippen molar-refractivity contribution in [3.05, 3.63) is 40.4 Å². The lowest BCUT2D eigenvalue weighted by Crippen LogP contribution is -2.38. The van der Waals surface area contributed by atoms with Crippen LogP contribution >= 0.6 is 11.3 Å². The number of carbonyl (C=O) groups is 2. The minimum Gasteiger partial charge on any atom is -0.350 e. The number of carbonyl (C=O) groups excluding carboxylic acids is 2. The topological polar surface area (TPSA) is 77.6 Å². The highest BCUT2D eigenvalue weighted by Crippen LogP contribution is 2.22. The van der Waals surface area contributed by atoms with E-state index in [2.05, 4.69) is 25.9 Å². The zero-order valence-corrected chi connectivity index (χ0v) is 18.3. The van der Waals surface area contributed by atoms with Crippen LogP contribution < -0.4 is 15.5 Å². The second kappa shape index (κ2) is 9.26. The summed E-state index contributed by atoms with van der Waals surface area (Å²) in [7, 11) is 0. The molecule has 29 heavy (non-hydrogen) atoms. The molecule has 3 rings (SSSR count). The number of aryl methyl sites for hydroxylation is 2. The number of urea groups is 1. The maximum absolute atomic E-state index is 12.8. The third-order valence-electron chi connectivity index (χ3n) is 4.81. The Morgan fingerprint density at radius 1 is 1.14 bits per heavy atom. The van der Waals surface area contributed by atoms with Gasteiger partial charge in [-0.2, -0.15) is 0 Å². The molecule has 2 N–H and O–H groups in total. The number of anilines is 2. The summed E-state index contributed by atoms with van der Waals surface area (Å²) < 4.78 is 0. The zero-order chi connectivity index (χ0) is 21.0. The molecule has 0 atom stereocenters. The lowest BCUT2D eigenvalue weighted by molar-refractivity contribution is 0.0942. The summed E-state index contributed by atoms with van der Waals surface area (Å²) in [6, 6.07) is 5.36. The van der Waals surface area contributed by atoms with E-state index in [-0.39, 0.29) is 18.0 Å². The van der Waals surface area contributed by atoms with Crippen LogP contribution in [-0.2, 0) is 0 Å². The van der Waals surface area contributed by atoms with E-state index in [0.29, 0.717) is 24.3 Å². The van der Waals surface area contributed by atoms with Gasteiger partial charge in [0, 0.05) is 48.9 Å². The van der Waals surface area contributed by atoms with Crippen LogP contribution in [0.15, 0.2) is 23.6 Å². The highest BCUT2D eigenvalue weighted by Gasteiger charge is 2.21. The Morgan fingerprint density at radius 3 is 2.62 bits per heavy atom. The third kappa shape index (κ3) is 5.47. The van der Waals surface area contributed by atoms with Gasteiger partial charge < -0.3 is 20.4 Å². The maximum Gasteiger partial charge on any atom is 0.321 e. The summed E-state index contributed by atoms with van der Waals surface area (Å²) in [5.41, 5.74) is 3.12. The van der Waals surface area contributed by atoms with Crippen molar-refractivity contribution in [3.63, 3.8) is 0 Å². The van der Waals surface area contributed by atoms with E-state index in [1.807, 2.05) is 44.7 Å². The third-order valence-corrected chi connectivity index (χ3v) is 5.83. The first kappa shape index (κ1) is 21.1. The number of amides is 3. The zero-order valence-electron chi connectivity index (χ0n) is 17.5. The van der Waals surface area contributed by atoms with Crippen molar-refractivity contribution in [1.82, 2.24) is 15.2 Å². The molecule has 0 saturated carbocycles. The minimum absolute atomic E-state index is 0.0572. The van der Waals surface area contributed by atoms with Crippen molar-refractivity contribution in [2.75, 3.05) is 36.4 Å². The van der Waals surface area contributed by atoms with Crippen molar-refractivity contribution >= 4 is 34.1 Å². The van der Waals surface area contributed by atoms with Gasteiger partial charge in [0.05, 0.1) is 5.69 Å². The second-order valence-electron chi connectivity index (χ2n) is 7.69. The summed E-state index contributed by atoms with van der Waals surface area (Å²) in [5.74, 6) is -0.127. The Labute approximate surface area is 176 Å². The summed E-state index contributed by atoms with van der Waals surface area (Å²) in [6.45, 7) is 10.7. The van der Waals surface area contributed by atoms with Gasteiger partial charge in [-0.15, -0.1) is 11.3 Å². The molecule has 1 aromatic carbocycles. The predicted octanol–water partition coefficient (Wildman–Crippen LogP) is 3.64. The summed E-state index contributed by atoms with van der Waals surface area (Å²) in [4.78, 5) is 33.8. The smallest absolute Gasteiger partial charge is 0.321 e. The van der Waals surface area contributed by atoms with Crippen LogP contribution in [0, 0.1) is 13.8 Å². The van der Waals surface area contributed by atoms with Crippen LogP contribution in [-0.4, -0.2) is 54.0 Å². The van der Waals surface area contributed by atoms with E-state index in [1.165, 1.54) is 0 Å². The van der Waals surface area contributed by atoms with Gasteiger partial charge >= 0.3 is 6.03 Å². The van der Waals surface area contributed by atoms with Gasteiger partial charge in [0.1, 0.15) is 0 Å². The van der Waals surface area contributed by atoms with Crippen LogP contribution in [0.1, 0.15) is 41.9 Å². The summed E-state index contributed by atoms with van der Waals surface area (Å²) in [5, 5.41) is 8.92. The molecule has 0 unspecified atom stereocenters. The van der Waals surface area contributed by atoms with E-state index < -0.39 is 0 Å². The highest BCUT2D eigenvalue weighted by molar-refractivity contribution is 7.13. The van der Waals surface area contributed by atoms with Gasteiger partial charge in [-0.25, -0.2) is 9.78 Å². The molecular formula is C21H29N5O2S. The Kier molecular flexibility index (Phi) is 6.74. The molecule has 1 aliphatic heterocycles. The van der Waals surface area contributed by atoms with Crippen LogP contribution in [0.5, 0.6) is 0 Å². The molecule has 7 nitrogen and oxygen atoms in total. The maximum atomic E-state index is 12.8. The van der Waals surface area contributed by atoms with E-state index in [0.717, 1.165) is 35.9 Å². The van der Waals surface area contributed by atoms with Crippen molar-refractivity contribution in [3.8, 4) is 0 Å². The number of nitrogens with zero attached hydrogens (tertiary/aromatic N) is 3. The number of aromatic nitrogens is 1. The number of benzene rings is 1. The summed E-state index contributed by atoms with van der Waals surface area (Å²) in [6.07, 6.45) is 0.891. The van der Waals surface area contributed by atoms with Gasteiger partial charge in [0.15, 0.2) is 5.13 Å². The molecule has 0 bridgehead atoms. The fourth-order valence-electron chi connectivity index (χ4n) is 3.29. The SMILES string of the molecule is Cc1csc(N2CCCN(C(=O)Nc3ccc(C)c(C(=O)NC(C)C)c3)CC2)n1. The van der Waals surface area contributed by atoms with Gasteiger partial charge in [-0.3, -0.25) is 4.79 Å². The van der Waals surface area contributed by atoms with E-state index in [1.54, 1.807) is 17.4 Å². The Bertz CT molecular complexity index is 880. The monoisotopic (exact) mass is 415 g/mol. The van der Waals surface area contributed by atoms with Gasteiger partial charge in [0.25, 0.3) is 5.91 Å². The van der Waals surface area contributed by atoms with Crippen molar-refractivity contribution in [2.24, 2.45) is 0 Å². The number of nitrogens with one attached hydrogen (secondary N) is 2. The number of rotatable bonds is 4. The van der Waals surface area contributed by atoms with Gasteiger partial charge in [0.2, 0.25) is 0 Å². The predicted molar refractivity (Wildman–Crippen MR) is 118 cm³/mol. The fourth-order valence-corrected chi connectivity index (χ4v) is 4.14. The quantitative estimate of drug-likeness (QED) is 0.799. The van der Waals surface area contributed by atoms with Crippen LogP contribution in [0.4, 0.5) is 15.6 Å². The number of hydrogen-bond donors (Lipinski definition) is 2. The molecule has 1 fully saturated rings. The van der Waals surface area contributed by atoms with E-state index >= 15 is 0 Å². The van der Waals surface area contributed by atoms with Crippen LogP contribution in [0.2, 0.25) is 0 Å². The Balaban J connectivity index is 1.63. The molecule has 0 aliphatic carbocycles. The van der Waals surface area contributed by atoms with E-state index in [4.69, 9.17) is 0 Å². The average molecular weight is 416 g/mol. The number of thiazole rings is 1. The molecule has 2 heterocycles. The molecule has 2 aromatic rings. The second-order valence-corrected chi connectivity index (χ2v) is 8.52. The molecule has 1 saturated heterocycles. The largest absolute Gasteiger partial charge is 0.350 e. The molecular weight excluding hydrogens is 386 g/mol. The standard InChI is InChI=1S/C21H29N5O2S/c1-14(2)22-19(27)18-12-17(7-6-15(18)3)24-20(28)25-8-5-9-26(11-10-25)21-23-16(4)13-29-21/h6-7,12-14H,5,8-11H2,1-4H3,(H,22,27)(H,24,28). The first-order valence-corrected chi connectivity index (χ1v) is 10.9. The molecule has 8 heteroatoms. The van der Waals surface area contributed by atoms with Gasteiger partial charge in [-0.05, 0) is 51.8 Å². The van der Waals surface area contributed by atoms with Crippen molar-refractivity contribution in [1.29, 1.82) is 0 Å². The molecule has 0 radical (unpaired) electrons. The van der Waals surface area contributed by atoms with Crippen LogP contribution in [0.25, 0.3) is 0 Å². The lowest BCUT2D eigenvalue weighted by Gasteiger charge is -2.22. The van der Waals surface area contributed by atoms with Crippen molar-refractivity contribution in [2.45, 2.75) is 40.2 Å². The Hall–Kier alpha value is -2.61. The highest BCUT2D eigenvalue weighted by atomic mass is 32.1. The molecule has 156 valence electrons. The Morgan fingerprint density at radius 2 is 1.93 bits per heavy atom. The molecule has 3 amide bonds. The molecule has 0 spiro atoms. The lowest BCUT2D eigenvalue weighted by atomic mass is 10.1. The van der Waals surface area contributed by atoms with Gasteiger partial charge in [-0.1, -0.05) is 6.07 Å². The first-order valence-electron chi connectivity index (χ1n) is 9.98. The fraction of sp³-hybridized carbons (Fsp3) is 0.476. The van der Waals surface area contributed by atoms with Crippen molar-refractivity contribution < 1.29 is 9.59 Å². The average Bonchev–Trinajstić information content (AvgIpc) is 2.95. The normalized spacial score (nSPS) is 14.7. The van der Waals surface area contributed by atoms with E-state index in [9.17, 15) is 9.59 Å². The molecule has 1 aromatic heterocycles. The summed E-state index contributed by atoms with van der Waals surface area (Å²) >= 11 is 1.65.